The van der Waals surface area contributed by atoms with Crippen molar-refractivity contribution < 1.29 is 28.7 Å². The van der Waals surface area contributed by atoms with Crippen LogP contribution in [0, 0.1) is 19.8 Å². The lowest BCUT2D eigenvalue weighted by Crippen LogP contribution is -2.53. The molecular formula is C34H47N3O6. The van der Waals surface area contributed by atoms with Gasteiger partial charge in [0, 0.05) is 12.5 Å². The smallest absolute Gasteiger partial charge is 0.408 e. The number of hydrogen-bond acceptors (Lipinski definition) is 6. The van der Waals surface area contributed by atoms with Crippen LogP contribution in [0.3, 0.4) is 0 Å². The van der Waals surface area contributed by atoms with Crippen LogP contribution in [0.1, 0.15) is 83.2 Å². The number of amides is 3. The molecule has 2 aromatic carbocycles. The molecule has 234 valence electrons. The summed E-state index contributed by atoms with van der Waals surface area (Å²) >= 11 is 0. The minimum absolute atomic E-state index is 0.164. The highest BCUT2D eigenvalue weighted by molar-refractivity contribution is 5.93. The van der Waals surface area contributed by atoms with Gasteiger partial charge in [-0.15, -0.1) is 0 Å². The van der Waals surface area contributed by atoms with Crippen LogP contribution in [0.2, 0.25) is 0 Å². The van der Waals surface area contributed by atoms with Crippen LogP contribution in [0.15, 0.2) is 48.5 Å². The maximum atomic E-state index is 14.3. The van der Waals surface area contributed by atoms with Crippen molar-refractivity contribution in [3.05, 3.63) is 70.8 Å². The second-order valence-corrected chi connectivity index (χ2v) is 13.5. The summed E-state index contributed by atoms with van der Waals surface area (Å²) in [6.45, 7) is 16.1. The van der Waals surface area contributed by atoms with Gasteiger partial charge in [0.2, 0.25) is 11.8 Å². The summed E-state index contributed by atoms with van der Waals surface area (Å²) in [6.07, 6.45) is 0.214. The van der Waals surface area contributed by atoms with Gasteiger partial charge < -0.3 is 25.0 Å². The third-order valence-corrected chi connectivity index (χ3v) is 6.87. The fraction of sp³-hybridized carbons (Fsp3) is 0.529. The van der Waals surface area contributed by atoms with Crippen LogP contribution in [0.25, 0.3) is 0 Å². The van der Waals surface area contributed by atoms with Gasteiger partial charge in [0.05, 0.1) is 0 Å². The van der Waals surface area contributed by atoms with Crippen LogP contribution in [0.5, 0.6) is 0 Å². The molecule has 0 saturated heterocycles. The Labute approximate surface area is 255 Å². The molecule has 43 heavy (non-hydrogen) atoms. The minimum Gasteiger partial charge on any atom is -0.458 e. The summed E-state index contributed by atoms with van der Waals surface area (Å²) in [4.78, 5) is 55.4. The van der Waals surface area contributed by atoms with E-state index in [-0.39, 0.29) is 24.9 Å². The van der Waals surface area contributed by atoms with Crippen molar-refractivity contribution in [1.29, 1.82) is 0 Å². The first kappa shape index (κ1) is 33.6. The van der Waals surface area contributed by atoms with Crippen molar-refractivity contribution in [2.45, 2.75) is 104 Å². The van der Waals surface area contributed by atoms with E-state index in [0.29, 0.717) is 12.0 Å². The van der Waals surface area contributed by atoms with E-state index in [4.69, 9.17) is 9.47 Å². The van der Waals surface area contributed by atoms with E-state index in [0.717, 1.165) is 16.7 Å². The van der Waals surface area contributed by atoms with Crippen molar-refractivity contribution in [2.75, 3.05) is 6.54 Å². The Morgan fingerprint density at radius 1 is 0.907 bits per heavy atom. The third-order valence-electron chi connectivity index (χ3n) is 6.87. The number of hydrogen-bond donors (Lipinski definition) is 2. The Morgan fingerprint density at radius 3 is 1.98 bits per heavy atom. The molecule has 2 N–H and O–H groups in total. The van der Waals surface area contributed by atoms with Crippen LogP contribution >= 0.6 is 0 Å². The largest absolute Gasteiger partial charge is 0.458 e. The number of benzene rings is 2. The molecule has 1 aliphatic carbocycles. The summed E-state index contributed by atoms with van der Waals surface area (Å²) in [6, 6.07) is 12.9. The van der Waals surface area contributed by atoms with Gasteiger partial charge in [0.15, 0.2) is 0 Å². The first-order valence-electron chi connectivity index (χ1n) is 14.9. The summed E-state index contributed by atoms with van der Waals surface area (Å²) in [5.41, 5.74) is 1.86. The van der Waals surface area contributed by atoms with Gasteiger partial charge in [-0.05, 0) is 78.9 Å². The number of aryl methyl sites for hydroxylation is 2. The molecule has 9 nitrogen and oxygen atoms in total. The average molecular weight is 594 g/mol. The lowest BCUT2D eigenvalue weighted by molar-refractivity contribution is -0.159. The van der Waals surface area contributed by atoms with E-state index in [2.05, 4.69) is 10.6 Å². The van der Waals surface area contributed by atoms with Gasteiger partial charge in [-0.25, -0.2) is 9.59 Å². The Morgan fingerprint density at radius 2 is 1.47 bits per heavy atom. The Bertz CT molecular complexity index is 1290. The number of nitrogens with zero attached hydrogens (tertiary/aromatic N) is 1. The van der Waals surface area contributed by atoms with Gasteiger partial charge in [-0.3, -0.25) is 9.59 Å². The minimum atomic E-state index is -1.04. The molecule has 3 rings (SSSR count). The number of carbonyl (C=O) groups is 4. The van der Waals surface area contributed by atoms with Crippen molar-refractivity contribution in [3.8, 4) is 0 Å². The number of rotatable bonds is 10. The number of alkyl carbamates (subject to hydrolysis) is 1. The predicted molar refractivity (Wildman–Crippen MR) is 165 cm³/mol. The topological polar surface area (TPSA) is 114 Å². The standard InChI is InChI=1S/C34H47N3O6/c1-21-15-22(2)17-25(16-21)29(37(27-18-23(27)3)28(38)20-35-32(41)43-34(7,8)9)30(39)36-26(31(40)42-33(4,5)6)19-24-13-11-10-12-14-24/h10-17,23,26-27,29H,18-20H2,1-9H3,(H,35,41)(H,36,39). The zero-order valence-corrected chi connectivity index (χ0v) is 26.9. The summed E-state index contributed by atoms with van der Waals surface area (Å²) in [7, 11) is 0. The molecule has 0 heterocycles. The van der Waals surface area contributed by atoms with Crippen molar-refractivity contribution in [1.82, 2.24) is 15.5 Å². The van der Waals surface area contributed by atoms with Gasteiger partial charge in [0.25, 0.3) is 0 Å². The highest BCUT2D eigenvalue weighted by Crippen LogP contribution is 2.40. The van der Waals surface area contributed by atoms with Gasteiger partial charge >= 0.3 is 12.1 Å². The SMILES string of the molecule is Cc1cc(C)cc(C(C(=O)NC(Cc2ccccc2)C(=O)OC(C)(C)C)N(C(=O)CNC(=O)OC(C)(C)C)C2CC2C)c1. The molecule has 4 unspecified atom stereocenters. The summed E-state index contributed by atoms with van der Waals surface area (Å²) in [5.74, 6) is -1.32. The van der Waals surface area contributed by atoms with E-state index in [1.165, 1.54) is 0 Å². The highest BCUT2D eigenvalue weighted by Gasteiger charge is 2.47. The van der Waals surface area contributed by atoms with E-state index >= 15 is 0 Å². The lowest BCUT2D eigenvalue weighted by atomic mass is 9.97. The number of carbonyl (C=O) groups excluding carboxylic acids is 4. The van der Waals surface area contributed by atoms with Gasteiger partial charge in [-0.1, -0.05) is 66.6 Å². The Balaban J connectivity index is 1.99. The van der Waals surface area contributed by atoms with Crippen LogP contribution in [0.4, 0.5) is 4.79 Å². The molecule has 1 fully saturated rings. The molecule has 0 aliphatic heterocycles. The molecule has 2 aromatic rings. The normalized spacial score (nSPS) is 17.7. The van der Waals surface area contributed by atoms with Crippen molar-refractivity contribution in [2.24, 2.45) is 5.92 Å². The quantitative estimate of drug-likeness (QED) is 0.367. The Kier molecular flexibility index (Phi) is 10.6. The fourth-order valence-corrected chi connectivity index (χ4v) is 5.04. The molecule has 0 radical (unpaired) electrons. The van der Waals surface area contributed by atoms with E-state index in [9.17, 15) is 19.2 Å². The number of esters is 1. The van der Waals surface area contributed by atoms with Crippen LogP contribution in [-0.4, -0.2) is 58.6 Å². The molecule has 4 atom stereocenters. The Hall–Kier alpha value is -3.88. The molecule has 0 spiro atoms. The van der Waals surface area contributed by atoms with E-state index in [1.807, 2.05) is 69.3 Å². The first-order chi connectivity index (χ1) is 19.9. The molecule has 3 amide bonds. The van der Waals surface area contributed by atoms with Gasteiger partial charge in [0.1, 0.15) is 29.8 Å². The zero-order valence-electron chi connectivity index (χ0n) is 26.9. The molecule has 1 aliphatic rings. The predicted octanol–water partition coefficient (Wildman–Crippen LogP) is 5.18. The third kappa shape index (κ3) is 10.4. The second-order valence-electron chi connectivity index (χ2n) is 13.5. The molecule has 1 saturated carbocycles. The fourth-order valence-electron chi connectivity index (χ4n) is 5.04. The average Bonchev–Trinajstić information content (AvgIpc) is 3.58. The maximum absolute atomic E-state index is 14.3. The van der Waals surface area contributed by atoms with Crippen molar-refractivity contribution in [3.63, 3.8) is 0 Å². The molecule has 0 bridgehead atoms. The lowest BCUT2D eigenvalue weighted by Gasteiger charge is -2.34. The zero-order chi connectivity index (χ0) is 32.1. The van der Waals surface area contributed by atoms with Crippen LogP contribution < -0.4 is 10.6 Å². The van der Waals surface area contributed by atoms with Crippen LogP contribution in [-0.2, 0) is 30.3 Å². The maximum Gasteiger partial charge on any atom is 0.408 e. The number of nitrogens with one attached hydrogen (secondary N) is 2. The molecule has 9 heteroatoms. The highest BCUT2D eigenvalue weighted by atomic mass is 16.6. The first-order valence-corrected chi connectivity index (χ1v) is 14.9. The molecular weight excluding hydrogens is 546 g/mol. The number of ether oxygens (including phenoxy) is 2. The van der Waals surface area contributed by atoms with E-state index < -0.39 is 47.2 Å². The van der Waals surface area contributed by atoms with E-state index in [1.54, 1.807) is 46.4 Å². The summed E-state index contributed by atoms with van der Waals surface area (Å²) < 4.78 is 11.0. The summed E-state index contributed by atoms with van der Waals surface area (Å²) in [5, 5.41) is 5.48. The second kappa shape index (κ2) is 13.6. The monoisotopic (exact) mass is 593 g/mol. The van der Waals surface area contributed by atoms with Crippen molar-refractivity contribution >= 4 is 23.9 Å². The molecule has 0 aromatic heterocycles. The van der Waals surface area contributed by atoms with Gasteiger partial charge in [-0.2, -0.15) is 0 Å².